The average Bonchev–Trinajstić information content (AvgIpc) is 3.10. The molecule has 0 amide bonds. The van der Waals surface area contributed by atoms with Gasteiger partial charge in [-0.2, -0.15) is 15.0 Å². The third kappa shape index (κ3) is 5.51. The van der Waals surface area contributed by atoms with E-state index in [0.29, 0.717) is 6.54 Å². The van der Waals surface area contributed by atoms with Crippen molar-refractivity contribution < 1.29 is 0 Å². The number of rotatable bonds is 10. The van der Waals surface area contributed by atoms with Crippen molar-refractivity contribution >= 4 is 0 Å². The molecule has 3 aromatic rings. The van der Waals surface area contributed by atoms with E-state index < -0.39 is 0 Å². The highest BCUT2D eigenvalue weighted by atomic mass is 15.5. The van der Waals surface area contributed by atoms with E-state index in [-0.39, 0.29) is 0 Å². The lowest BCUT2D eigenvalue weighted by Gasteiger charge is -2.04. The Balaban J connectivity index is 1.74. The van der Waals surface area contributed by atoms with E-state index in [9.17, 15) is 0 Å². The fourth-order valence-corrected chi connectivity index (χ4v) is 3.22. The monoisotopic (exact) mass is 362 g/mol. The first-order chi connectivity index (χ1) is 13.3. The molecule has 27 heavy (non-hydrogen) atoms. The van der Waals surface area contributed by atoms with Crippen molar-refractivity contribution in [2.45, 2.75) is 52.6 Å². The van der Waals surface area contributed by atoms with E-state index >= 15 is 0 Å². The molecule has 0 aliphatic rings. The highest BCUT2D eigenvalue weighted by Gasteiger charge is 2.13. The largest absolute Gasteiger partial charge is 0.311 e. The van der Waals surface area contributed by atoms with E-state index in [1.54, 1.807) is 0 Å². The maximum Gasteiger partial charge on any atom is 0.117 e. The first-order valence-corrected chi connectivity index (χ1v) is 10.0. The Hall–Kier alpha value is -2.46. The number of unbranched alkanes of at least 4 members (excludes halogenated alkanes) is 3. The number of nitrogens with one attached hydrogen (secondary N) is 1. The van der Waals surface area contributed by atoms with E-state index in [1.807, 2.05) is 10.9 Å². The minimum atomic E-state index is 0.697. The normalized spacial score (nSPS) is 11.0. The predicted octanol–water partition coefficient (Wildman–Crippen LogP) is 4.97. The van der Waals surface area contributed by atoms with E-state index in [2.05, 4.69) is 67.7 Å². The van der Waals surface area contributed by atoms with Gasteiger partial charge in [0.1, 0.15) is 11.4 Å². The van der Waals surface area contributed by atoms with Crippen LogP contribution in [0.1, 0.15) is 49.4 Å². The summed E-state index contributed by atoms with van der Waals surface area (Å²) in [5.41, 5.74) is 5.64. The van der Waals surface area contributed by atoms with Gasteiger partial charge in [-0.05, 0) is 31.0 Å². The Kier molecular flexibility index (Phi) is 7.17. The zero-order valence-corrected chi connectivity index (χ0v) is 16.5. The summed E-state index contributed by atoms with van der Waals surface area (Å²) in [6.45, 7) is 6.86. The summed E-state index contributed by atoms with van der Waals surface area (Å²) in [5.74, 6) is 0. The molecular weight excluding hydrogens is 332 g/mol. The van der Waals surface area contributed by atoms with E-state index in [1.165, 1.54) is 36.8 Å². The summed E-state index contributed by atoms with van der Waals surface area (Å²) < 4.78 is 0. The molecular formula is C23H30N4. The fraction of sp³-hybridized carbons (Fsp3) is 0.391. The maximum atomic E-state index is 4.81. The molecule has 4 nitrogen and oxygen atoms in total. The standard InChI is InChI=1S/C23H30N4/c1-3-4-5-11-16-24-17-22-23(20-13-7-6-8-14-20)26-27(25-22)18-21-15-10-9-12-19(21)2/h6-10,12-15,24H,3-5,11,16-18H2,1-2H3. The number of aryl methyl sites for hydroxylation is 1. The molecule has 0 saturated carbocycles. The van der Waals surface area contributed by atoms with Crippen LogP contribution < -0.4 is 5.32 Å². The van der Waals surface area contributed by atoms with Crippen molar-refractivity contribution in [3.05, 3.63) is 71.4 Å². The summed E-state index contributed by atoms with van der Waals surface area (Å²) in [5, 5.41) is 13.2. The molecule has 0 aliphatic carbocycles. The predicted molar refractivity (Wildman–Crippen MR) is 112 cm³/mol. The fourth-order valence-electron chi connectivity index (χ4n) is 3.22. The molecule has 2 aromatic carbocycles. The molecule has 0 spiro atoms. The Morgan fingerprint density at radius 2 is 1.67 bits per heavy atom. The van der Waals surface area contributed by atoms with Gasteiger partial charge in [-0.1, -0.05) is 80.8 Å². The van der Waals surface area contributed by atoms with Gasteiger partial charge in [-0.3, -0.25) is 0 Å². The van der Waals surface area contributed by atoms with Gasteiger partial charge in [-0.25, -0.2) is 0 Å². The van der Waals surface area contributed by atoms with Crippen LogP contribution in [0.4, 0.5) is 0 Å². The van der Waals surface area contributed by atoms with Crippen LogP contribution >= 0.6 is 0 Å². The molecule has 0 saturated heterocycles. The molecule has 142 valence electrons. The summed E-state index contributed by atoms with van der Waals surface area (Å²) in [6, 6.07) is 18.8. The summed E-state index contributed by atoms with van der Waals surface area (Å²) >= 11 is 0. The molecule has 4 heteroatoms. The Labute approximate surface area is 162 Å². The van der Waals surface area contributed by atoms with Gasteiger partial charge in [0.15, 0.2) is 0 Å². The van der Waals surface area contributed by atoms with Crippen LogP contribution in [0.2, 0.25) is 0 Å². The molecule has 0 radical (unpaired) electrons. The van der Waals surface area contributed by atoms with Gasteiger partial charge in [-0.15, -0.1) is 0 Å². The molecule has 0 bridgehead atoms. The van der Waals surface area contributed by atoms with Crippen LogP contribution in [-0.2, 0) is 13.1 Å². The Morgan fingerprint density at radius 1 is 0.889 bits per heavy atom. The van der Waals surface area contributed by atoms with E-state index in [4.69, 9.17) is 10.2 Å². The number of aromatic nitrogens is 3. The van der Waals surface area contributed by atoms with Gasteiger partial charge in [0.05, 0.1) is 6.54 Å². The zero-order chi connectivity index (χ0) is 18.9. The van der Waals surface area contributed by atoms with Gasteiger partial charge < -0.3 is 5.32 Å². The molecule has 0 aliphatic heterocycles. The Bertz CT molecular complexity index is 823. The summed E-state index contributed by atoms with van der Waals surface area (Å²) in [6.07, 6.45) is 5.08. The van der Waals surface area contributed by atoms with Gasteiger partial charge in [0, 0.05) is 12.1 Å². The Morgan fingerprint density at radius 3 is 2.44 bits per heavy atom. The maximum absolute atomic E-state index is 4.81. The second kappa shape index (κ2) is 10.0. The molecule has 1 N–H and O–H groups in total. The van der Waals surface area contributed by atoms with Crippen LogP contribution in [0, 0.1) is 6.92 Å². The molecule has 3 rings (SSSR count). The molecule has 0 unspecified atom stereocenters. The van der Waals surface area contributed by atoms with Crippen LogP contribution in [0.5, 0.6) is 0 Å². The molecule has 0 fully saturated rings. The van der Waals surface area contributed by atoms with Crippen molar-refractivity contribution in [1.82, 2.24) is 20.3 Å². The van der Waals surface area contributed by atoms with Crippen molar-refractivity contribution in [3.8, 4) is 11.3 Å². The van der Waals surface area contributed by atoms with Gasteiger partial charge in [0.25, 0.3) is 0 Å². The SMILES string of the molecule is CCCCCCNCc1nn(Cc2ccccc2C)nc1-c1ccccc1. The summed E-state index contributed by atoms with van der Waals surface area (Å²) in [4.78, 5) is 1.83. The molecule has 1 aromatic heterocycles. The second-order valence-electron chi connectivity index (χ2n) is 7.06. The van der Waals surface area contributed by atoms with Crippen molar-refractivity contribution in [3.63, 3.8) is 0 Å². The smallest absolute Gasteiger partial charge is 0.117 e. The third-order valence-electron chi connectivity index (χ3n) is 4.84. The first kappa shape index (κ1) is 19.3. The topological polar surface area (TPSA) is 42.7 Å². The lowest BCUT2D eigenvalue weighted by molar-refractivity contribution is 0.564. The number of hydrogen-bond acceptors (Lipinski definition) is 3. The second-order valence-corrected chi connectivity index (χ2v) is 7.06. The molecule has 0 atom stereocenters. The quantitative estimate of drug-likeness (QED) is 0.518. The van der Waals surface area contributed by atoms with Crippen LogP contribution in [0.25, 0.3) is 11.3 Å². The lowest BCUT2D eigenvalue weighted by Crippen LogP contribution is -2.16. The van der Waals surface area contributed by atoms with Crippen LogP contribution in [0.15, 0.2) is 54.6 Å². The summed E-state index contributed by atoms with van der Waals surface area (Å²) in [7, 11) is 0. The minimum Gasteiger partial charge on any atom is -0.311 e. The number of benzene rings is 2. The van der Waals surface area contributed by atoms with Gasteiger partial charge in [0.2, 0.25) is 0 Å². The highest BCUT2D eigenvalue weighted by Crippen LogP contribution is 2.20. The highest BCUT2D eigenvalue weighted by molar-refractivity contribution is 5.60. The zero-order valence-electron chi connectivity index (χ0n) is 16.5. The van der Waals surface area contributed by atoms with Crippen molar-refractivity contribution in [2.24, 2.45) is 0 Å². The van der Waals surface area contributed by atoms with Crippen LogP contribution in [0.3, 0.4) is 0 Å². The minimum absolute atomic E-state index is 0.697. The van der Waals surface area contributed by atoms with E-state index in [0.717, 1.165) is 30.0 Å². The number of hydrogen-bond donors (Lipinski definition) is 1. The molecule has 1 heterocycles. The van der Waals surface area contributed by atoms with Crippen molar-refractivity contribution in [2.75, 3.05) is 6.54 Å². The van der Waals surface area contributed by atoms with Crippen molar-refractivity contribution in [1.29, 1.82) is 0 Å². The first-order valence-electron chi connectivity index (χ1n) is 10.0. The third-order valence-corrected chi connectivity index (χ3v) is 4.84. The average molecular weight is 363 g/mol. The van der Waals surface area contributed by atoms with Gasteiger partial charge >= 0.3 is 0 Å². The van der Waals surface area contributed by atoms with Crippen LogP contribution in [-0.4, -0.2) is 21.5 Å². The lowest BCUT2D eigenvalue weighted by atomic mass is 10.1. The number of nitrogens with zero attached hydrogens (tertiary/aromatic N) is 3.